The van der Waals surface area contributed by atoms with Crippen molar-refractivity contribution in [1.82, 2.24) is 4.90 Å². The molecule has 0 aromatic heterocycles. The minimum Gasteiger partial charge on any atom is -0.456 e. The number of carbonyl (C=O) groups is 4. The fraction of sp³-hybridized carbons (Fsp3) is 0.773. The summed E-state index contributed by atoms with van der Waals surface area (Å²) in [5.41, 5.74) is 2.21. The maximum Gasteiger partial charge on any atom is 0.329 e. The molecule has 1 amide bonds. The van der Waals surface area contributed by atoms with Crippen LogP contribution in [0.25, 0.3) is 0 Å². The van der Waals surface area contributed by atoms with E-state index >= 15 is 0 Å². The van der Waals surface area contributed by atoms with Gasteiger partial charge in [0.1, 0.15) is 24.0 Å². The molecule has 1 aliphatic carbocycles. The van der Waals surface area contributed by atoms with E-state index in [1.807, 2.05) is 32.9 Å². The van der Waals surface area contributed by atoms with Crippen LogP contribution >= 0.6 is 0 Å². The summed E-state index contributed by atoms with van der Waals surface area (Å²) in [7, 11) is 4.60. The highest BCUT2D eigenvalue weighted by molar-refractivity contribution is 6.39. The Kier molecular flexibility index (Phi) is 16.8. The van der Waals surface area contributed by atoms with Crippen LogP contribution in [0.4, 0.5) is 0 Å². The van der Waals surface area contributed by atoms with Crippen LogP contribution in [0.1, 0.15) is 106 Å². The molecule has 14 atom stereocenters. The fourth-order valence-corrected chi connectivity index (χ4v) is 9.38. The van der Waals surface area contributed by atoms with Gasteiger partial charge in [0, 0.05) is 46.1 Å². The maximum atomic E-state index is 14.3. The van der Waals surface area contributed by atoms with Crippen LogP contribution in [0.15, 0.2) is 35.5 Å². The number of ether oxygens (including phenoxy) is 5. The first-order valence-electron chi connectivity index (χ1n) is 20.8. The van der Waals surface area contributed by atoms with Crippen LogP contribution in [0.2, 0.25) is 0 Å². The third-order valence-corrected chi connectivity index (χ3v) is 12.9. The number of amides is 1. The Morgan fingerprint density at radius 1 is 0.895 bits per heavy atom. The van der Waals surface area contributed by atoms with Crippen molar-refractivity contribution >= 4 is 23.4 Å². The summed E-state index contributed by atoms with van der Waals surface area (Å²) < 4.78 is 29.7. The van der Waals surface area contributed by atoms with Crippen molar-refractivity contribution < 1.29 is 58.2 Å². The minimum absolute atomic E-state index is 0.00272. The van der Waals surface area contributed by atoms with Gasteiger partial charge in [0.25, 0.3) is 11.7 Å². The molecule has 3 heterocycles. The van der Waals surface area contributed by atoms with Gasteiger partial charge < -0.3 is 43.9 Å². The Morgan fingerprint density at radius 2 is 1.54 bits per heavy atom. The lowest BCUT2D eigenvalue weighted by molar-refractivity contribution is -0.302. The van der Waals surface area contributed by atoms with E-state index in [1.54, 1.807) is 27.9 Å². The zero-order valence-corrected chi connectivity index (χ0v) is 35.6. The molecule has 1 saturated carbocycles. The highest BCUT2D eigenvalue weighted by atomic mass is 16.7. The van der Waals surface area contributed by atoms with Crippen molar-refractivity contribution in [3.8, 4) is 0 Å². The fourth-order valence-electron chi connectivity index (χ4n) is 9.38. The Labute approximate surface area is 339 Å². The molecule has 0 radical (unpaired) electrons. The molecule has 0 unspecified atom stereocenters. The van der Waals surface area contributed by atoms with E-state index in [4.69, 9.17) is 23.7 Å². The molecule has 3 fully saturated rings. The van der Waals surface area contributed by atoms with E-state index in [2.05, 4.69) is 6.58 Å². The van der Waals surface area contributed by atoms with Crippen molar-refractivity contribution in [3.05, 3.63) is 35.5 Å². The SMILES string of the molecule is C=C(C)[C@@H]1/C=C(\C)C[C@H](C)C[C@H](OC)[C@H]2O[C@@](O)(C(=O)C(=O)N3CCCC[C@H]3C(=O)O[C@H](/C(C)=C/[C@@H]3CC[C@@H](O)[C@H](OC)C3)[C@H](C)[C@@H](O)CC1=O)[C@H](C)C[C@@H]2OC. The topological polar surface area (TPSA) is 178 Å². The summed E-state index contributed by atoms with van der Waals surface area (Å²) in [6, 6.07) is -1.15. The number of ketones is 2. The molecule has 0 spiro atoms. The van der Waals surface area contributed by atoms with Gasteiger partial charge in [-0.15, -0.1) is 0 Å². The predicted octanol–water partition coefficient (Wildman–Crippen LogP) is 4.64. The zero-order chi connectivity index (χ0) is 42.4. The van der Waals surface area contributed by atoms with Crippen LogP contribution in [-0.2, 0) is 42.9 Å². The number of cyclic esters (lactones) is 1. The van der Waals surface area contributed by atoms with Gasteiger partial charge in [0.15, 0.2) is 0 Å². The number of nitrogens with zero attached hydrogens (tertiary/aromatic N) is 1. The number of Topliss-reactive ketones (excluding diaryl/α,β-unsaturated/α-hetero) is 2. The molecule has 0 aromatic carbocycles. The second-order valence-electron chi connectivity index (χ2n) is 17.5. The van der Waals surface area contributed by atoms with E-state index in [9.17, 15) is 34.5 Å². The standard InChI is InChI=1S/C44H69NO12/c1-24(2)31-18-25(3)17-26(4)19-37(54-9)40-38(55-10)21-28(6)44(52,57-40)41(49)42(50)45-16-12-11-13-32(45)43(51)56-39(29(7)34(47)23-35(31)48)27(5)20-30-14-15-33(46)36(22-30)53-8/h18,20,26,28-34,36-40,46-47,52H,1,11-17,19,21-23H2,2-10H3/b25-18+,27-20+/t26-,28+,29+,30-,31-,32-,33+,34-,36+,37-,38-,39+,40+,44+/m0/s1. The molecule has 0 aromatic rings. The first kappa shape index (κ1) is 46.9. The Morgan fingerprint density at radius 3 is 2.18 bits per heavy atom. The number of aliphatic hydroxyl groups is 3. The number of rotatable bonds is 6. The smallest absolute Gasteiger partial charge is 0.329 e. The van der Waals surface area contributed by atoms with Gasteiger partial charge in [0.05, 0.1) is 36.4 Å². The summed E-state index contributed by atoms with van der Waals surface area (Å²) >= 11 is 0. The van der Waals surface area contributed by atoms with Crippen molar-refractivity contribution in [1.29, 1.82) is 0 Å². The molecule has 2 saturated heterocycles. The van der Waals surface area contributed by atoms with Gasteiger partial charge in [-0.05, 0) is 96.0 Å². The average molecular weight is 804 g/mol. The van der Waals surface area contributed by atoms with Crippen molar-refractivity contribution in [2.45, 2.75) is 160 Å². The predicted molar refractivity (Wildman–Crippen MR) is 213 cm³/mol. The molecule has 3 aliphatic heterocycles. The lowest BCUT2D eigenvalue weighted by Gasteiger charge is -2.47. The first-order chi connectivity index (χ1) is 26.9. The number of allylic oxidation sites excluding steroid dienone is 4. The van der Waals surface area contributed by atoms with Crippen LogP contribution in [0.5, 0.6) is 0 Å². The minimum atomic E-state index is -2.51. The summed E-state index contributed by atoms with van der Waals surface area (Å²) in [5.74, 6) is -7.97. The van der Waals surface area contributed by atoms with E-state index in [0.29, 0.717) is 56.1 Å². The number of carbonyl (C=O) groups excluding carboxylic acids is 4. The quantitative estimate of drug-likeness (QED) is 0.193. The van der Waals surface area contributed by atoms with Gasteiger partial charge >= 0.3 is 5.97 Å². The monoisotopic (exact) mass is 803 g/mol. The first-order valence-corrected chi connectivity index (χ1v) is 20.8. The summed E-state index contributed by atoms with van der Waals surface area (Å²) in [5, 5.41) is 34.2. The zero-order valence-electron chi connectivity index (χ0n) is 35.6. The number of hydrogen-bond donors (Lipinski definition) is 3. The number of aliphatic hydroxyl groups excluding tert-OH is 2. The molecule has 3 N–H and O–H groups in total. The van der Waals surface area contributed by atoms with Gasteiger partial charge in [-0.1, -0.05) is 50.6 Å². The van der Waals surface area contributed by atoms with Gasteiger partial charge in [-0.25, -0.2) is 4.79 Å². The molecule has 13 nitrogen and oxygen atoms in total. The highest BCUT2D eigenvalue weighted by Crippen LogP contribution is 2.39. The van der Waals surface area contributed by atoms with Gasteiger partial charge in [-0.3, -0.25) is 14.4 Å². The van der Waals surface area contributed by atoms with Crippen LogP contribution in [0.3, 0.4) is 0 Å². The van der Waals surface area contributed by atoms with Gasteiger partial charge in [0.2, 0.25) is 5.79 Å². The Balaban J connectivity index is 1.78. The second-order valence-corrected chi connectivity index (χ2v) is 17.5. The normalized spacial score (nSPS) is 41.0. The number of piperidine rings is 1. The molecule has 2 bridgehead atoms. The summed E-state index contributed by atoms with van der Waals surface area (Å²) in [6.45, 7) is 15.1. The Hall–Kier alpha value is -2.78. The summed E-state index contributed by atoms with van der Waals surface area (Å²) in [6.07, 6.45) is 2.70. The largest absolute Gasteiger partial charge is 0.456 e. The maximum absolute atomic E-state index is 14.3. The van der Waals surface area contributed by atoms with Crippen molar-refractivity contribution in [2.24, 2.45) is 29.6 Å². The van der Waals surface area contributed by atoms with Crippen LogP contribution in [0, 0.1) is 29.6 Å². The lowest BCUT2D eigenvalue weighted by atomic mass is 9.81. The van der Waals surface area contributed by atoms with Crippen molar-refractivity contribution in [2.75, 3.05) is 27.9 Å². The van der Waals surface area contributed by atoms with E-state index < -0.39 is 83.9 Å². The molecule has 57 heavy (non-hydrogen) atoms. The van der Waals surface area contributed by atoms with Crippen LogP contribution < -0.4 is 0 Å². The second kappa shape index (κ2) is 20.5. The summed E-state index contributed by atoms with van der Waals surface area (Å²) in [4.78, 5) is 57.9. The molecular formula is C44H69NO12. The lowest BCUT2D eigenvalue weighted by Crippen LogP contribution is -2.64. The van der Waals surface area contributed by atoms with E-state index in [-0.39, 0.29) is 49.5 Å². The molecule has 13 heteroatoms. The number of fused-ring (bicyclic) bond motifs is 3. The molecular weight excluding hydrogens is 734 g/mol. The van der Waals surface area contributed by atoms with Crippen molar-refractivity contribution in [3.63, 3.8) is 0 Å². The molecule has 4 aliphatic rings. The molecule has 4 rings (SSSR count). The van der Waals surface area contributed by atoms with E-state index in [0.717, 1.165) is 5.57 Å². The molecule has 322 valence electrons. The number of methoxy groups -OCH3 is 3. The average Bonchev–Trinajstić information content (AvgIpc) is 3.18. The number of hydrogen-bond acceptors (Lipinski definition) is 12. The third kappa shape index (κ3) is 11.1. The van der Waals surface area contributed by atoms with E-state index in [1.165, 1.54) is 19.1 Å². The highest BCUT2D eigenvalue weighted by Gasteiger charge is 2.56. The third-order valence-electron chi connectivity index (χ3n) is 12.9. The van der Waals surface area contributed by atoms with Crippen LogP contribution in [-0.4, -0.2) is 126 Å². The number of esters is 1. The Bertz CT molecular complexity index is 1510. The van der Waals surface area contributed by atoms with Gasteiger partial charge in [-0.2, -0.15) is 0 Å².